The second-order valence-corrected chi connectivity index (χ2v) is 5.48. The van der Waals surface area contributed by atoms with Crippen molar-refractivity contribution in [2.45, 2.75) is 44.7 Å². The van der Waals surface area contributed by atoms with E-state index in [0.29, 0.717) is 0 Å². The van der Waals surface area contributed by atoms with Crippen LogP contribution in [0.25, 0.3) is 0 Å². The highest BCUT2D eigenvalue weighted by atomic mass is 15.5. The van der Waals surface area contributed by atoms with Crippen molar-refractivity contribution < 1.29 is 4.48 Å². The van der Waals surface area contributed by atoms with E-state index in [0.717, 1.165) is 12.1 Å². The Kier molecular flexibility index (Phi) is 2.37. The summed E-state index contributed by atoms with van der Waals surface area (Å²) in [6, 6.07) is 1.74. The lowest BCUT2D eigenvalue weighted by Gasteiger charge is -2.29. The van der Waals surface area contributed by atoms with Gasteiger partial charge in [-0.3, -0.25) is 0 Å². The maximum Gasteiger partial charge on any atom is 0.135 e. The molecule has 2 fully saturated rings. The largest absolute Gasteiger partial charge is 0.313 e. The molecule has 13 heavy (non-hydrogen) atoms. The summed E-state index contributed by atoms with van der Waals surface area (Å²) in [5.41, 5.74) is 0. The van der Waals surface area contributed by atoms with Crippen LogP contribution in [-0.4, -0.2) is 48.8 Å². The molecule has 0 N–H and O–H groups in total. The Morgan fingerprint density at radius 1 is 1.15 bits per heavy atom. The quantitative estimate of drug-likeness (QED) is 0.559. The van der Waals surface area contributed by atoms with Crippen LogP contribution in [0.4, 0.5) is 0 Å². The fourth-order valence-corrected chi connectivity index (χ4v) is 2.76. The molecule has 1 atom stereocenters. The predicted octanol–water partition coefficient (Wildman–Crippen LogP) is 1.67. The first-order valence-corrected chi connectivity index (χ1v) is 5.66. The van der Waals surface area contributed by atoms with E-state index >= 15 is 0 Å². The van der Waals surface area contributed by atoms with Gasteiger partial charge in [0.2, 0.25) is 0 Å². The first kappa shape index (κ1) is 9.47. The Morgan fingerprint density at radius 3 is 2.23 bits per heavy atom. The molecular formula is C11H23N2+. The van der Waals surface area contributed by atoms with E-state index in [-0.39, 0.29) is 0 Å². The number of hydrogen-bond donors (Lipinski definition) is 0. The van der Waals surface area contributed by atoms with Crippen molar-refractivity contribution in [3.8, 4) is 0 Å². The fraction of sp³-hybridized carbons (Fsp3) is 1.00. The maximum atomic E-state index is 2.72. The van der Waals surface area contributed by atoms with Gasteiger partial charge in [-0.25, -0.2) is 4.90 Å². The third kappa shape index (κ3) is 1.75. The van der Waals surface area contributed by atoms with Crippen molar-refractivity contribution in [1.82, 2.24) is 4.90 Å². The molecule has 2 rings (SSSR count). The molecule has 0 amide bonds. The molecule has 0 aromatic rings. The summed E-state index contributed by atoms with van der Waals surface area (Å²) in [5.74, 6) is 0. The summed E-state index contributed by atoms with van der Waals surface area (Å²) < 4.78 is 1.19. The average Bonchev–Trinajstić information content (AvgIpc) is 2.60. The highest BCUT2D eigenvalue weighted by molar-refractivity contribution is 4.80. The van der Waals surface area contributed by atoms with Gasteiger partial charge >= 0.3 is 0 Å². The lowest BCUT2D eigenvalue weighted by molar-refractivity contribution is -0.903. The van der Waals surface area contributed by atoms with Crippen LogP contribution in [0.2, 0.25) is 0 Å². The van der Waals surface area contributed by atoms with Crippen LogP contribution in [0.1, 0.15) is 32.6 Å². The van der Waals surface area contributed by atoms with Crippen molar-refractivity contribution in [3.63, 3.8) is 0 Å². The second kappa shape index (κ2) is 3.25. The van der Waals surface area contributed by atoms with E-state index < -0.39 is 0 Å². The van der Waals surface area contributed by atoms with Crippen LogP contribution in [0.5, 0.6) is 0 Å². The normalized spacial score (nSPS) is 35.8. The Balaban J connectivity index is 1.96. The monoisotopic (exact) mass is 183 g/mol. The maximum absolute atomic E-state index is 2.72. The molecule has 1 unspecified atom stereocenters. The lowest BCUT2D eigenvalue weighted by Crippen LogP contribution is -2.44. The summed E-state index contributed by atoms with van der Waals surface area (Å²) in [6.45, 7) is 4.97. The number of likely N-dealkylation sites (N-methyl/N-ethyl adjacent to an activating group) is 1. The minimum Gasteiger partial charge on any atom is -0.313 e. The molecule has 0 aromatic carbocycles. The van der Waals surface area contributed by atoms with Crippen LogP contribution in [-0.2, 0) is 0 Å². The fourth-order valence-electron chi connectivity index (χ4n) is 2.76. The van der Waals surface area contributed by atoms with Gasteiger partial charge in [0.05, 0.1) is 26.7 Å². The van der Waals surface area contributed by atoms with Crippen LogP contribution in [0, 0.1) is 0 Å². The Morgan fingerprint density at radius 2 is 1.77 bits per heavy atom. The molecule has 0 radical (unpaired) electrons. The third-order valence-corrected chi connectivity index (χ3v) is 4.08. The van der Waals surface area contributed by atoms with Crippen molar-refractivity contribution in [1.29, 1.82) is 0 Å². The van der Waals surface area contributed by atoms with Gasteiger partial charge in [-0.15, -0.1) is 0 Å². The molecule has 0 spiro atoms. The van der Waals surface area contributed by atoms with Gasteiger partial charge in [-0.1, -0.05) is 12.8 Å². The smallest absolute Gasteiger partial charge is 0.135 e. The van der Waals surface area contributed by atoms with Gasteiger partial charge in [0.15, 0.2) is 0 Å². The van der Waals surface area contributed by atoms with Crippen molar-refractivity contribution >= 4 is 0 Å². The summed E-state index contributed by atoms with van der Waals surface area (Å²) >= 11 is 0. The van der Waals surface area contributed by atoms with Crippen LogP contribution in [0.3, 0.4) is 0 Å². The van der Waals surface area contributed by atoms with Gasteiger partial charge in [0.1, 0.15) is 6.67 Å². The molecule has 1 saturated heterocycles. The predicted molar refractivity (Wildman–Crippen MR) is 55.4 cm³/mol. The Bertz CT molecular complexity index is 183. The molecule has 1 aliphatic carbocycles. The molecule has 1 heterocycles. The van der Waals surface area contributed by atoms with Gasteiger partial charge in [-0.05, 0) is 19.8 Å². The van der Waals surface area contributed by atoms with E-state index in [4.69, 9.17) is 0 Å². The van der Waals surface area contributed by atoms with Crippen molar-refractivity contribution in [3.05, 3.63) is 0 Å². The molecule has 0 aromatic heterocycles. The van der Waals surface area contributed by atoms with E-state index in [1.165, 1.54) is 43.4 Å². The number of quaternary nitrogens is 1. The molecule has 76 valence electrons. The highest BCUT2D eigenvalue weighted by Crippen LogP contribution is 2.28. The highest BCUT2D eigenvalue weighted by Gasteiger charge is 2.39. The van der Waals surface area contributed by atoms with Crippen LogP contribution >= 0.6 is 0 Å². The summed E-state index contributed by atoms with van der Waals surface area (Å²) in [5, 5.41) is 0. The number of nitrogens with zero attached hydrogens (tertiary/aromatic N) is 2. The van der Waals surface area contributed by atoms with E-state index in [1.807, 2.05) is 0 Å². The van der Waals surface area contributed by atoms with Gasteiger partial charge in [-0.2, -0.15) is 0 Å². The van der Waals surface area contributed by atoms with Gasteiger partial charge in [0.25, 0.3) is 0 Å². The second-order valence-electron chi connectivity index (χ2n) is 5.48. The molecular weight excluding hydrogens is 160 g/mol. The molecule has 2 heteroatoms. The topological polar surface area (TPSA) is 3.24 Å². The number of rotatable bonds is 1. The molecule has 1 aliphatic heterocycles. The molecule has 1 saturated carbocycles. The Labute approximate surface area is 82.1 Å². The zero-order valence-corrected chi connectivity index (χ0v) is 9.29. The lowest BCUT2D eigenvalue weighted by atomic mass is 10.2. The minimum absolute atomic E-state index is 0.820. The summed E-state index contributed by atoms with van der Waals surface area (Å²) in [4.78, 5) is 2.72. The SMILES string of the molecule is CC1CN(C2CCCC2)C[N+]1(C)C. The first-order chi connectivity index (χ1) is 6.09. The van der Waals surface area contributed by atoms with Crippen molar-refractivity contribution in [2.75, 3.05) is 27.3 Å². The van der Waals surface area contributed by atoms with Crippen LogP contribution in [0.15, 0.2) is 0 Å². The average molecular weight is 183 g/mol. The van der Waals surface area contributed by atoms with E-state index in [2.05, 4.69) is 25.9 Å². The van der Waals surface area contributed by atoms with E-state index in [9.17, 15) is 0 Å². The minimum atomic E-state index is 0.820. The van der Waals surface area contributed by atoms with Gasteiger partial charge in [0, 0.05) is 6.04 Å². The first-order valence-electron chi connectivity index (χ1n) is 5.66. The summed E-state index contributed by atoms with van der Waals surface area (Å²) in [7, 11) is 4.72. The van der Waals surface area contributed by atoms with Crippen LogP contribution < -0.4 is 0 Å². The van der Waals surface area contributed by atoms with E-state index in [1.54, 1.807) is 0 Å². The molecule has 2 nitrogen and oxygen atoms in total. The Hall–Kier alpha value is -0.0800. The number of hydrogen-bond acceptors (Lipinski definition) is 1. The molecule has 2 aliphatic rings. The zero-order valence-electron chi connectivity index (χ0n) is 9.29. The summed E-state index contributed by atoms with van der Waals surface area (Å²) in [6.07, 6.45) is 5.82. The van der Waals surface area contributed by atoms with Crippen molar-refractivity contribution in [2.24, 2.45) is 0 Å². The standard InChI is InChI=1S/C11H23N2/c1-10-8-12(9-13(10,2)3)11-6-4-5-7-11/h10-11H,4-9H2,1-3H3/q+1. The third-order valence-electron chi connectivity index (χ3n) is 4.08. The molecule has 0 bridgehead atoms. The van der Waals surface area contributed by atoms with Gasteiger partial charge < -0.3 is 4.48 Å². The zero-order chi connectivity index (χ0) is 9.47.